The number of amides is 2. The number of nitrogens with one attached hydrogen (secondary N) is 1. The maximum absolute atomic E-state index is 11.7. The molecule has 1 saturated heterocycles. The Morgan fingerprint density at radius 2 is 1.96 bits per heavy atom. The molecule has 136 valence electrons. The first-order valence-corrected chi connectivity index (χ1v) is 8.79. The van der Waals surface area contributed by atoms with E-state index in [4.69, 9.17) is 9.52 Å². The number of carboxylic acids is 1. The number of nitrogens with zero attached hydrogens (tertiary/aromatic N) is 1. The molecule has 3 aromatic rings. The number of carbonyl (C=O) groups excluding carboxylic acids is 2. The summed E-state index contributed by atoms with van der Waals surface area (Å²) in [5.74, 6) is 4.85. The highest BCUT2D eigenvalue weighted by Crippen LogP contribution is 2.28. The molecule has 0 radical (unpaired) electrons. The van der Waals surface area contributed by atoms with Crippen molar-refractivity contribution in [3.05, 3.63) is 70.1 Å². The van der Waals surface area contributed by atoms with Crippen LogP contribution in [0.3, 0.4) is 0 Å². The standard InChI is InChI=1S/C20H10N2O5S/c23-18-16(28-20(26)22-18)8-15-7-14-10-21-9-13(17(14)27-15)6-3-11-1-4-12(5-2-11)19(24)25/h1-2,4-5,7-10H,(H,24,25)(H,22,23,26). The second-order valence-corrected chi connectivity index (χ2v) is 6.75. The lowest BCUT2D eigenvalue weighted by atomic mass is 10.1. The second kappa shape index (κ2) is 7.06. The van der Waals surface area contributed by atoms with Gasteiger partial charge >= 0.3 is 5.97 Å². The fraction of sp³-hybridized carbons (Fsp3) is 0. The number of imide groups is 1. The van der Waals surface area contributed by atoms with E-state index in [0.29, 0.717) is 27.9 Å². The van der Waals surface area contributed by atoms with Gasteiger partial charge in [-0.15, -0.1) is 0 Å². The summed E-state index contributed by atoms with van der Waals surface area (Å²) in [5.41, 5.74) is 1.88. The Balaban J connectivity index is 1.67. The first-order valence-electron chi connectivity index (χ1n) is 7.97. The summed E-state index contributed by atoms with van der Waals surface area (Å²) in [4.78, 5) is 38.2. The monoisotopic (exact) mass is 390 g/mol. The van der Waals surface area contributed by atoms with Gasteiger partial charge in [-0.2, -0.15) is 0 Å². The third-order valence-electron chi connectivity index (χ3n) is 3.83. The number of rotatable bonds is 2. The first kappa shape index (κ1) is 17.6. The van der Waals surface area contributed by atoms with E-state index < -0.39 is 17.1 Å². The Morgan fingerprint density at radius 3 is 2.64 bits per heavy atom. The van der Waals surface area contributed by atoms with Gasteiger partial charge in [0.05, 0.1) is 16.0 Å². The van der Waals surface area contributed by atoms with Crippen molar-refractivity contribution in [1.29, 1.82) is 0 Å². The van der Waals surface area contributed by atoms with Crippen molar-refractivity contribution in [2.24, 2.45) is 0 Å². The van der Waals surface area contributed by atoms with Gasteiger partial charge in [0.2, 0.25) is 0 Å². The highest BCUT2D eigenvalue weighted by molar-refractivity contribution is 8.18. The van der Waals surface area contributed by atoms with Gasteiger partial charge in [-0.1, -0.05) is 11.8 Å². The zero-order chi connectivity index (χ0) is 19.7. The van der Waals surface area contributed by atoms with E-state index in [9.17, 15) is 14.4 Å². The molecule has 0 atom stereocenters. The summed E-state index contributed by atoms with van der Waals surface area (Å²) < 4.78 is 5.78. The van der Waals surface area contributed by atoms with Gasteiger partial charge in [-0.3, -0.25) is 19.9 Å². The summed E-state index contributed by atoms with van der Waals surface area (Å²) in [5, 5.41) is 11.4. The molecule has 1 aliphatic rings. The van der Waals surface area contributed by atoms with Crippen molar-refractivity contribution in [1.82, 2.24) is 10.3 Å². The summed E-state index contributed by atoms with van der Waals surface area (Å²) in [6, 6.07) is 7.91. The topological polar surface area (TPSA) is 110 Å². The van der Waals surface area contributed by atoms with E-state index in [1.807, 2.05) is 0 Å². The fourth-order valence-electron chi connectivity index (χ4n) is 2.53. The Hall–Kier alpha value is -3.83. The van der Waals surface area contributed by atoms with Gasteiger partial charge in [-0.05, 0) is 42.1 Å². The van der Waals surface area contributed by atoms with Gasteiger partial charge < -0.3 is 9.52 Å². The second-order valence-electron chi connectivity index (χ2n) is 5.74. The molecule has 1 aliphatic heterocycles. The zero-order valence-corrected chi connectivity index (χ0v) is 14.9. The third-order valence-corrected chi connectivity index (χ3v) is 4.64. The van der Waals surface area contributed by atoms with Crippen LogP contribution in [0, 0.1) is 11.8 Å². The predicted molar refractivity (Wildman–Crippen MR) is 102 cm³/mol. The Morgan fingerprint density at radius 1 is 1.18 bits per heavy atom. The lowest BCUT2D eigenvalue weighted by Gasteiger charge is -1.94. The average Bonchev–Trinajstić information content (AvgIpc) is 3.22. The normalized spacial score (nSPS) is 14.8. The van der Waals surface area contributed by atoms with Crippen LogP contribution in [-0.2, 0) is 4.79 Å². The van der Waals surface area contributed by atoms with Gasteiger partial charge in [-0.25, -0.2) is 4.79 Å². The average molecular weight is 390 g/mol. The molecule has 0 saturated carbocycles. The predicted octanol–water partition coefficient (Wildman–Crippen LogP) is 3.25. The van der Waals surface area contributed by atoms with E-state index in [2.05, 4.69) is 22.1 Å². The van der Waals surface area contributed by atoms with Crippen LogP contribution in [0.25, 0.3) is 17.0 Å². The fourth-order valence-corrected chi connectivity index (χ4v) is 3.19. The number of hydrogen-bond donors (Lipinski definition) is 2. The van der Waals surface area contributed by atoms with Gasteiger partial charge in [0.25, 0.3) is 11.1 Å². The molecule has 8 heteroatoms. The van der Waals surface area contributed by atoms with Crippen LogP contribution in [0.2, 0.25) is 0 Å². The van der Waals surface area contributed by atoms with Crippen molar-refractivity contribution in [3.8, 4) is 11.8 Å². The minimum Gasteiger partial charge on any atom is -0.478 e. The van der Waals surface area contributed by atoms with Crippen molar-refractivity contribution >= 4 is 45.9 Å². The van der Waals surface area contributed by atoms with E-state index in [1.54, 1.807) is 30.6 Å². The number of fused-ring (bicyclic) bond motifs is 1. The van der Waals surface area contributed by atoms with E-state index in [0.717, 1.165) is 11.8 Å². The maximum atomic E-state index is 11.7. The van der Waals surface area contributed by atoms with E-state index in [-0.39, 0.29) is 10.5 Å². The number of furan rings is 1. The third kappa shape index (κ3) is 3.51. The van der Waals surface area contributed by atoms with Crippen molar-refractivity contribution in [3.63, 3.8) is 0 Å². The van der Waals surface area contributed by atoms with E-state index in [1.165, 1.54) is 18.2 Å². The van der Waals surface area contributed by atoms with Crippen LogP contribution in [0.1, 0.15) is 27.2 Å². The number of carbonyl (C=O) groups is 3. The Kier molecular flexibility index (Phi) is 4.43. The number of aromatic carboxylic acids is 1. The molecule has 0 spiro atoms. The zero-order valence-electron chi connectivity index (χ0n) is 14.1. The molecule has 1 fully saturated rings. The SMILES string of the molecule is O=C1NC(=O)C(=Cc2cc3cncc(C#Cc4ccc(C(=O)O)cc4)c3o2)S1. The molecular formula is C20H10N2O5S. The minimum absolute atomic E-state index is 0.185. The van der Waals surface area contributed by atoms with Crippen LogP contribution in [0.5, 0.6) is 0 Å². The molecule has 4 rings (SSSR count). The summed E-state index contributed by atoms with van der Waals surface area (Å²) >= 11 is 0.809. The Bertz CT molecular complexity index is 1230. The highest BCUT2D eigenvalue weighted by Gasteiger charge is 2.25. The minimum atomic E-state index is -0.999. The summed E-state index contributed by atoms with van der Waals surface area (Å²) in [6.07, 6.45) is 4.66. The lowest BCUT2D eigenvalue weighted by Crippen LogP contribution is -2.17. The largest absolute Gasteiger partial charge is 0.478 e. The van der Waals surface area contributed by atoms with Gasteiger partial charge in [0.1, 0.15) is 5.76 Å². The molecule has 2 amide bonds. The number of carboxylic acid groups (broad SMARTS) is 1. The molecule has 1 aromatic carbocycles. The molecule has 0 unspecified atom stereocenters. The first-order chi connectivity index (χ1) is 13.5. The van der Waals surface area contributed by atoms with Crippen LogP contribution in [0.4, 0.5) is 4.79 Å². The number of hydrogen-bond acceptors (Lipinski definition) is 6. The Labute approximate surface area is 162 Å². The van der Waals surface area contributed by atoms with Gasteiger partial charge in [0.15, 0.2) is 5.58 Å². The molecule has 3 heterocycles. The van der Waals surface area contributed by atoms with Crippen LogP contribution >= 0.6 is 11.8 Å². The molecule has 0 aliphatic carbocycles. The van der Waals surface area contributed by atoms with Crippen LogP contribution in [0.15, 0.2) is 52.0 Å². The van der Waals surface area contributed by atoms with Crippen LogP contribution < -0.4 is 5.32 Å². The smallest absolute Gasteiger partial charge is 0.335 e. The van der Waals surface area contributed by atoms with E-state index >= 15 is 0 Å². The quantitative estimate of drug-likeness (QED) is 0.510. The van der Waals surface area contributed by atoms with Crippen molar-refractivity contribution in [2.45, 2.75) is 0 Å². The molecule has 2 aromatic heterocycles. The summed E-state index contributed by atoms with van der Waals surface area (Å²) in [7, 11) is 0. The lowest BCUT2D eigenvalue weighted by molar-refractivity contribution is -0.115. The van der Waals surface area contributed by atoms with Gasteiger partial charge in [0, 0.05) is 29.4 Å². The number of benzene rings is 1. The highest BCUT2D eigenvalue weighted by atomic mass is 32.2. The number of aromatic nitrogens is 1. The van der Waals surface area contributed by atoms with Crippen molar-refractivity contribution < 1.29 is 23.9 Å². The van der Waals surface area contributed by atoms with Crippen LogP contribution in [-0.4, -0.2) is 27.2 Å². The molecule has 28 heavy (non-hydrogen) atoms. The molecule has 7 nitrogen and oxygen atoms in total. The van der Waals surface area contributed by atoms with Crippen molar-refractivity contribution in [2.75, 3.05) is 0 Å². The molecule has 2 N–H and O–H groups in total. The number of thioether (sulfide) groups is 1. The maximum Gasteiger partial charge on any atom is 0.335 e. The number of pyridine rings is 1. The molecule has 0 bridgehead atoms. The summed E-state index contributed by atoms with van der Waals surface area (Å²) in [6.45, 7) is 0. The molecular weight excluding hydrogens is 380 g/mol.